The molecule has 0 aliphatic rings. The second kappa shape index (κ2) is 16.0. The second-order valence-electron chi connectivity index (χ2n) is 11.4. The Labute approximate surface area is 289 Å². The van der Waals surface area contributed by atoms with Gasteiger partial charge in [-0.15, -0.1) is 0 Å². The number of nitrogens with one attached hydrogen (secondary N) is 1. The zero-order chi connectivity index (χ0) is 33.4. The molecule has 0 heterocycles. The van der Waals surface area contributed by atoms with E-state index in [1.165, 1.54) is 35.2 Å². The van der Waals surface area contributed by atoms with Crippen molar-refractivity contribution in [2.45, 2.75) is 44.7 Å². The van der Waals surface area contributed by atoms with Gasteiger partial charge in [0.25, 0.3) is 10.0 Å². The molecule has 0 aromatic heterocycles. The summed E-state index contributed by atoms with van der Waals surface area (Å²) in [6.07, 6.45) is 0.227. The smallest absolute Gasteiger partial charge is 0.264 e. The third-order valence-corrected chi connectivity index (χ3v) is 10.4. The fourth-order valence-corrected chi connectivity index (χ4v) is 6.73. The Hall–Kier alpha value is -3.37. The molecule has 4 aromatic rings. The van der Waals surface area contributed by atoms with Crippen molar-refractivity contribution in [3.8, 4) is 0 Å². The number of carbonyl (C=O) groups excluding carboxylic acids is 2. The number of anilines is 1. The molecule has 0 saturated carbocycles. The van der Waals surface area contributed by atoms with Crippen LogP contribution in [0.3, 0.4) is 0 Å². The second-order valence-corrected chi connectivity index (χ2v) is 15.0. The number of rotatable bonds is 13. The highest BCUT2D eigenvalue weighted by Crippen LogP contribution is 2.31. The van der Waals surface area contributed by atoms with E-state index < -0.39 is 28.5 Å². The van der Waals surface area contributed by atoms with E-state index in [1.807, 2.05) is 75.4 Å². The number of hydrogen-bond acceptors (Lipinski definition) is 4. The zero-order valence-electron chi connectivity index (χ0n) is 25.8. The van der Waals surface area contributed by atoms with Crippen molar-refractivity contribution in [2.75, 3.05) is 17.4 Å². The Kier molecular flexibility index (Phi) is 12.3. The highest BCUT2D eigenvalue weighted by atomic mass is 79.9. The zero-order valence-corrected chi connectivity index (χ0v) is 29.7. The van der Waals surface area contributed by atoms with Crippen LogP contribution in [0.2, 0.25) is 10.0 Å². The summed E-state index contributed by atoms with van der Waals surface area (Å²) < 4.78 is 30.2. The van der Waals surface area contributed by atoms with E-state index in [-0.39, 0.29) is 45.4 Å². The normalized spacial score (nSPS) is 12.1. The van der Waals surface area contributed by atoms with Crippen molar-refractivity contribution < 1.29 is 18.0 Å². The van der Waals surface area contributed by atoms with Crippen LogP contribution in [-0.2, 0) is 32.6 Å². The molecule has 1 N–H and O–H groups in total. The van der Waals surface area contributed by atoms with Gasteiger partial charge < -0.3 is 10.2 Å². The Balaban J connectivity index is 1.81. The van der Waals surface area contributed by atoms with Crippen LogP contribution in [0.25, 0.3) is 0 Å². The van der Waals surface area contributed by atoms with E-state index in [1.54, 1.807) is 12.1 Å². The molecule has 4 rings (SSSR count). The van der Waals surface area contributed by atoms with Gasteiger partial charge in [-0.25, -0.2) is 8.42 Å². The van der Waals surface area contributed by atoms with Crippen LogP contribution >= 0.6 is 39.1 Å². The summed E-state index contributed by atoms with van der Waals surface area (Å²) in [6, 6.07) is 26.7. The summed E-state index contributed by atoms with van der Waals surface area (Å²) >= 11 is 16.0. The van der Waals surface area contributed by atoms with Gasteiger partial charge in [-0.2, -0.15) is 0 Å². The molecule has 0 bridgehead atoms. The van der Waals surface area contributed by atoms with Gasteiger partial charge in [0.2, 0.25) is 11.8 Å². The summed E-state index contributed by atoms with van der Waals surface area (Å²) in [5, 5.41) is 3.37. The van der Waals surface area contributed by atoms with Gasteiger partial charge in [-0.05, 0) is 66.4 Å². The van der Waals surface area contributed by atoms with Gasteiger partial charge in [0.1, 0.15) is 12.6 Å². The molecule has 1 atom stereocenters. The molecule has 0 aliphatic heterocycles. The molecule has 1 unspecified atom stereocenters. The first-order valence-corrected chi connectivity index (χ1v) is 17.7. The number of carbonyl (C=O) groups is 2. The topological polar surface area (TPSA) is 86.8 Å². The van der Waals surface area contributed by atoms with Gasteiger partial charge in [0.05, 0.1) is 20.6 Å². The summed E-state index contributed by atoms with van der Waals surface area (Å²) in [7, 11) is -4.26. The van der Waals surface area contributed by atoms with Gasteiger partial charge in [-0.3, -0.25) is 13.9 Å². The number of benzene rings is 4. The van der Waals surface area contributed by atoms with E-state index in [9.17, 15) is 18.0 Å². The minimum Gasteiger partial charge on any atom is -0.354 e. The monoisotopic (exact) mass is 743 g/mol. The summed E-state index contributed by atoms with van der Waals surface area (Å²) in [4.78, 5) is 29.8. The fraction of sp³-hybridized carbons (Fsp3) is 0.257. The summed E-state index contributed by atoms with van der Waals surface area (Å²) in [6.45, 7) is 5.73. The fourth-order valence-electron chi connectivity index (χ4n) is 4.77. The first kappa shape index (κ1) is 35.5. The molecule has 0 fully saturated rings. The standard InChI is InChI=1S/C35H36BrCl2N3O4S/c1-24(2)21-39-35(43)33(19-26-7-5-4-6-8-26)40(22-27-11-13-28(36)14-12-27)34(42)23-41(29-15-18-31(37)32(38)20-29)46(44,45)30-16-9-25(3)10-17-30/h4-18,20,24,33H,19,21-23H2,1-3H3,(H,39,43). The largest absolute Gasteiger partial charge is 0.354 e. The minimum absolute atomic E-state index is 0.00643. The van der Waals surface area contributed by atoms with Crippen LogP contribution in [0.1, 0.15) is 30.5 Å². The molecular formula is C35H36BrCl2N3O4S. The average molecular weight is 746 g/mol. The maximum Gasteiger partial charge on any atom is 0.264 e. The van der Waals surface area contributed by atoms with E-state index in [2.05, 4.69) is 21.2 Å². The Morgan fingerprint density at radius 3 is 2.11 bits per heavy atom. The molecule has 0 spiro atoms. The van der Waals surface area contributed by atoms with Gasteiger partial charge >= 0.3 is 0 Å². The number of halogens is 3. The Morgan fingerprint density at radius 2 is 1.50 bits per heavy atom. The molecule has 0 radical (unpaired) electrons. The van der Waals surface area contributed by atoms with Crippen molar-refractivity contribution >= 4 is 66.7 Å². The van der Waals surface area contributed by atoms with Crippen molar-refractivity contribution in [2.24, 2.45) is 5.92 Å². The molecule has 7 nitrogen and oxygen atoms in total. The van der Waals surface area contributed by atoms with Gasteiger partial charge in [0, 0.05) is 24.0 Å². The number of aryl methyl sites for hydroxylation is 1. The third kappa shape index (κ3) is 9.35. The lowest BCUT2D eigenvalue weighted by atomic mass is 10.0. The quantitative estimate of drug-likeness (QED) is 0.152. The third-order valence-electron chi connectivity index (χ3n) is 7.30. The number of sulfonamides is 1. The lowest BCUT2D eigenvalue weighted by Gasteiger charge is -2.34. The highest BCUT2D eigenvalue weighted by Gasteiger charge is 2.35. The van der Waals surface area contributed by atoms with Crippen molar-refractivity contribution in [1.29, 1.82) is 0 Å². The highest BCUT2D eigenvalue weighted by molar-refractivity contribution is 9.10. The molecule has 46 heavy (non-hydrogen) atoms. The molecule has 242 valence electrons. The maximum absolute atomic E-state index is 14.5. The Morgan fingerprint density at radius 1 is 0.848 bits per heavy atom. The first-order chi connectivity index (χ1) is 21.8. The van der Waals surface area contributed by atoms with Crippen LogP contribution < -0.4 is 9.62 Å². The van der Waals surface area contributed by atoms with E-state index in [4.69, 9.17) is 23.2 Å². The van der Waals surface area contributed by atoms with Crippen molar-refractivity contribution in [3.05, 3.63) is 128 Å². The van der Waals surface area contributed by atoms with E-state index in [0.717, 1.165) is 25.5 Å². The van der Waals surface area contributed by atoms with Crippen LogP contribution in [-0.4, -0.2) is 44.3 Å². The molecule has 2 amide bonds. The van der Waals surface area contributed by atoms with Gasteiger partial charge in [-0.1, -0.05) is 113 Å². The molecule has 4 aromatic carbocycles. The van der Waals surface area contributed by atoms with E-state index >= 15 is 0 Å². The number of hydrogen-bond donors (Lipinski definition) is 1. The molecule has 0 aliphatic carbocycles. The Bertz CT molecular complexity index is 1750. The molecule has 0 saturated heterocycles. The van der Waals surface area contributed by atoms with Crippen LogP contribution in [0.4, 0.5) is 5.69 Å². The van der Waals surface area contributed by atoms with Crippen molar-refractivity contribution in [1.82, 2.24) is 10.2 Å². The maximum atomic E-state index is 14.5. The lowest BCUT2D eigenvalue weighted by Crippen LogP contribution is -2.53. The van der Waals surface area contributed by atoms with Crippen LogP contribution in [0.15, 0.2) is 106 Å². The minimum atomic E-state index is -4.26. The van der Waals surface area contributed by atoms with Crippen molar-refractivity contribution in [3.63, 3.8) is 0 Å². The summed E-state index contributed by atoms with van der Waals surface area (Å²) in [5.74, 6) is -0.711. The van der Waals surface area contributed by atoms with Gasteiger partial charge in [0.15, 0.2) is 0 Å². The number of amides is 2. The lowest BCUT2D eigenvalue weighted by molar-refractivity contribution is -0.140. The first-order valence-electron chi connectivity index (χ1n) is 14.7. The van der Waals surface area contributed by atoms with Crippen LogP contribution in [0, 0.1) is 12.8 Å². The van der Waals surface area contributed by atoms with Crippen LogP contribution in [0.5, 0.6) is 0 Å². The predicted molar refractivity (Wildman–Crippen MR) is 189 cm³/mol. The predicted octanol–water partition coefficient (Wildman–Crippen LogP) is 7.67. The summed E-state index contributed by atoms with van der Waals surface area (Å²) in [5.41, 5.74) is 2.67. The number of nitrogens with zero attached hydrogens (tertiary/aromatic N) is 2. The SMILES string of the molecule is Cc1ccc(S(=O)(=O)N(CC(=O)N(Cc2ccc(Br)cc2)C(Cc2ccccc2)C(=O)NCC(C)C)c2ccc(Cl)c(Cl)c2)cc1. The van der Waals surface area contributed by atoms with E-state index in [0.29, 0.717) is 6.54 Å². The molecule has 11 heteroatoms. The average Bonchev–Trinajstić information content (AvgIpc) is 3.03. The molecular weight excluding hydrogens is 709 g/mol.